The Hall–Kier alpha value is -2.37. The summed E-state index contributed by atoms with van der Waals surface area (Å²) in [7, 11) is 0. The monoisotopic (exact) mass is 380 g/mol. The van der Waals surface area contributed by atoms with Gasteiger partial charge in [-0.1, -0.05) is 36.4 Å². The van der Waals surface area contributed by atoms with Gasteiger partial charge in [-0.15, -0.1) is 0 Å². The Morgan fingerprint density at radius 3 is 2.50 bits per heavy atom. The van der Waals surface area contributed by atoms with Crippen molar-refractivity contribution in [2.45, 2.75) is 25.6 Å². The molecule has 0 N–H and O–H groups in total. The van der Waals surface area contributed by atoms with E-state index in [1.807, 2.05) is 59.5 Å². The van der Waals surface area contributed by atoms with Crippen LogP contribution in [0.15, 0.2) is 54.6 Å². The van der Waals surface area contributed by atoms with E-state index in [4.69, 9.17) is 9.47 Å². The maximum atomic E-state index is 13.1. The van der Waals surface area contributed by atoms with Crippen molar-refractivity contribution in [3.63, 3.8) is 0 Å². The molecule has 0 aromatic heterocycles. The number of hydrogen-bond donors (Lipinski definition) is 0. The number of ether oxygens (including phenoxy) is 2. The molecule has 0 radical (unpaired) electrons. The zero-order valence-corrected chi connectivity index (χ0v) is 16.3. The molecule has 0 spiro atoms. The van der Waals surface area contributed by atoms with Gasteiger partial charge in [-0.2, -0.15) is 0 Å². The van der Waals surface area contributed by atoms with Crippen LogP contribution in [0.25, 0.3) is 0 Å². The average Bonchev–Trinajstić information content (AvgIpc) is 3.26. The third-order valence-electron chi connectivity index (χ3n) is 5.53. The molecule has 2 aliphatic rings. The van der Waals surface area contributed by atoms with Gasteiger partial charge in [0.2, 0.25) is 0 Å². The maximum Gasteiger partial charge on any atom is 0.254 e. The number of para-hydroxylation sites is 1. The summed E-state index contributed by atoms with van der Waals surface area (Å²) in [5, 5.41) is 0. The molecule has 1 amide bonds. The van der Waals surface area contributed by atoms with Crippen molar-refractivity contribution in [1.82, 2.24) is 9.80 Å². The van der Waals surface area contributed by atoms with Crippen LogP contribution in [0.3, 0.4) is 0 Å². The van der Waals surface area contributed by atoms with Crippen molar-refractivity contribution in [2.75, 3.05) is 39.3 Å². The number of piperazine rings is 1. The second-order valence-corrected chi connectivity index (χ2v) is 7.49. The molecule has 148 valence electrons. The molecule has 2 saturated heterocycles. The molecule has 2 aromatic carbocycles. The lowest BCUT2D eigenvalue weighted by Crippen LogP contribution is -2.50. The van der Waals surface area contributed by atoms with Gasteiger partial charge in [0, 0.05) is 50.5 Å². The molecule has 2 heterocycles. The summed E-state index contributed by atoms with van der Waals surface area (Å²) in [6.45, 7) is 5.63. The van der Waals surface area contributed by atoms with Gasteiger partial charge in [0.1, 0.15) is 12.4 Å². The van der Waals surface area contributed by atoms with Crippen molar-refractivity contribution in [1.29, 1.82) is 0 Å². The minimum Gasteiger partial charge on any atom is -0.489 e. The minimum atomic E-state index is 0.101. The Morgan fingerprint density at radius 2 is 1.75 bits per heavy atom. The molecule has 1 atom stereocenters. The Balaban J connectivity index is 1.34. The van der Waals surface area contributed by atoms with Crippen molar-refractivity contribution in [2.24, 2.45) is 0 Å². The van der Waals surface area contributed by atoms with E-state index in [2.05, 4.69) is 4.90 Å². The summed E-state index contributed by atoms with van der Waals surface area (Å²) in [5.74, 6) is 0.913. The van der Waals surface area contributed by atoms with Crippen molar-refractivity contribution < 1.29 is 14.3 Å². The zero-order chi connectivity index (χ0) is 19.2. The fourth-order valence-electron chi connectivity index (χ4n) is 3.91. The summed E-state index contributed by atoms with van der Waals surface area (Å²) in [6, 6.07) is 17.5. The average molecular weight is 380 g/mol. The van der Waals surface area contributed by atoms with Gasteiger partial charge < -0.3 is 14.4 Å². The number of nitrogens with zero attached hydrogens (tertiary/aromatic N) is 2. The summed E-state index contributed by atoms with van der Waals surface area (Å²) < 4.78 is 11.6. The second-order valence-electron chi connectivity index (χ2n) is 7.49. The standard InChI is InChI=1S/C23H28N2O3/c26-23(25-14-12-24(13-15-25)17-21-10-6-16-27-21)22-11-5-4-7-19(22)18-28-20-8-2-1-3-9-20/h1-5,7-9,11,21H,6,10,12-18H2/t21-/m1/s1. The third-order valence-corrected chi connectivity index (χ3v) is 5.53. The Kier molecular flexibility index (Phi) is 6.24. The summed E-state index contributed by atoms with van der Waals surface area (Å²) in [5.41, 5.74) is 1.67. The highest BCUT2D eigenvalue weighted by Crippen LogP contribution is 2.18. The molecule has 2 fully saturated rings. The first-order valence-corrected chi connectivity index (χ1v) is 10.2. The van der Waals surface area contributed by atoms with Crippen molar-refractivity contribution in [3.8, 4) is 5.75 Å². The van der Waals surface area contributed by atoms with Gasteiger partial charge in [-0.05, 0) is 31.0 Å². The molecule has 2 aliphatic heterocycles. The molecule has 0 aliphatic carbocycles. The molecule has 0 saturated carbocycles. The van der Waals surface area contributed by atoms with E-state index in [9.17, 15) is 4.79 Å². The van der Waals surface area contributed by atoms with E-state index < -0.39 is 0 Å². The highest BCUT2D eigenvalue weighted by atomic mass is 16.5. The lowest BCUT2D eigenvalue weighted by atomic mass is 10.1. The van der Waals surface area contributed by atoms with Crippen molar-refractivity contribution >= 4 is 5.91 Å². The second kappa shape index (κ2) is 9.22. The summed E-state index contributed by atoms with van der Waals surface area (Å²) in [4.78, 5) is 17.5. The fourth-order valence-corrected chi connectivity index (χ4v) is 3.91. The number of amides is 1. The van der Waals surface area contributed by atoms with Crippen LogP contribution in [0.1, 0.15) is 28.8 Å². The molecule has 0 bridgehead atoms. The highest BCUT2D eigenvalue weighted by molar-refractivity contribution is 5.95. The smallest absolute Gasteiger partial charge is 0.254 e. The Labute approximate surface area is 166 Å². The lowest BCUT2D eigenvalue weighted by molar-refractivity contribution is 0.0431. The van der Waals surface area contributed by atoms with Gasteiger partial charge in [0.15, 0.2) is 0 Å². The molecule has 4 rings (SSSR count). The van der Waals surface area contributed by atoms with E-state index >= 15 is 0 Å². The Morgan fingerprint density at radius 1 is 1.00 bits per heavy atom. The molecule has 2 aromatic rings. The predicted octanol–water partition coefficient (Wildman–Crippen LogP) is 3.20. The molecule has 28 heavy (non-hydrogen) atoms. The molecular weight excluding hydrogens is 352 g/mol. The molecule has 5 nitrogen and oxygen atoms in total. The van der Waals surface area contributed by atoms with Gasteiger partial charge in [-0.3, -0.25) is 9.69 Å². The normalized spacial score (nSPS) is 20.3. The van der Waals surface area contributed by atoms with Crippen LogP contribution in [0.2, 0.25) is 0 Å². The van der Waals surface area contributed by atoms with Gasteiger partial charge in [0.25, 0.3) is 5.91 Å². The van der Waals surface area contributed by atoms with E-state index in [0.717, 1.165) is 62.6 Å². The first kappa shape index (κ1) is 19.0. The SMILES string of the molecule is O=C(c1ccccc1COc1ccccc1)N1CCN(C[C@H]2CCCO2)CC1. The van der Waals surface area contributed by atoms with Crippen molar-refractivity contribution in [3.05, 3.63) is 65.7 Å². The van der Waals surface area contributed by atoms with Crippen LogP contribution in [0.5, 0.6) is 5.75 Å². The number of rotatable bonds is 6. The molecular formula is C23H28N2O3. The van der Waals surface area contributed by atoms with E-state index in [1.165, 1.54) is 6.42 Å². The van der Waals surface area contributed by atoms with Crippen LogP contribution in [-0.2, 0) is 11.3 Å². The first-order valence-electron chi connectivity index (χ1n) is 10.2. The fraction of sp³-hybridized carbons (Fsp3) is 0.435. The van der Waals surface area contributed by atoms with Crippen LogP contribution in [0, 0.1) is 0 Å². The number of carbonyl (C=O) groups excluding carboxylic acids is 1. The number of benzene rings is 2. The third kappa shape index (κ3) is 4.72. The molecule has 5 heteroatoms. The van der Waals surface area contributed by atoms with Gasteiger partial charge in [-0.25, -0.2) is 0 Å². The summed E-state index contributed by atoms with van der Waals surface area (Å²) in [6.07, 6.45) is 2.71. The van der Waals surface area contributed by atoms with E-state index in [1.54, 1.807) is 0 Å². The lowest BCUT2D eigenvalue weighted by Gasteiger charge is -2.36. The highest BCUT2D eigenvalue weighted by Gasteiger charge is 2.26. The largest absolute Gasteiger partial charge is 0.489 e. The van der Waals surface area contributed by atoms with Gasteiger partial charge >= 0.3 is 0 Å². The van der Waals surface area contributed by atoms with Crippen LogP contribution in [0.4, 0.5) is 0 Å². The van der Waals surface area contributed by atoms with Gasteiger partial charge in [0.05, 0.1) is 6.10 Å². The number of carbonyl (C=O) groups is 1. The zero-order valence-electron chi connectivity index (χ0n) is 16.3. The number of hydrogen-bond acceptors (Lipinski definition) is 4. The Bertz CT molecular complexity index is 766. The van der Waals surface area contributed by atoms with Crippen LogP contribution < -0.4 is 4.74 Å². The van der Waals surface area contributed by atoms with E-state index in [0.29, 0.717) is 12.7 Å². The van der Waals surface area contributed by atoms with Crippen LogP contribution in [-0.4, -0.2) is 61.1 Å². The van der Waals surface area contributed by atoms with Crippen LogP contribution >= 0.6 is 0 Å². The first-order chi connectivity index (χ1) is 13.8. The minimum absolute atomic E-state index is 0.101. The summed E-state index contributed by atoms with van der Waals surface area (Å²) >= 11 is 0. The van der Waals surface area contributed by atoms with E-state index in [-0.39, 0.29) is 5.91 Å². The topological polar surface area (TPSA) is 42.0 Å². The quantitative estimate of drug-likeness (QED) is 0.772. The molecule has 0 unspecified atom stereocenters. The predicted molar refractivity (Wildman–Crippen MR) is 109 cm³/mol. The maximum absolute atomic E-state index is 13.1.